The average molecular weight is 286 g/mol. The Morgan fingerprint density at radius 3 is 2.55 bits per heavy atom. The van der Waals surface area contributed by atoms with Crippen LogP contribution in [0.3, 0.4) is 0 Å². The highest BCUT2D eigenvalue weighted by molar-refractivity contribution is 5.77. The Kier molecular flexibility index (Phi) is 6.95. The van der Waals surface area contributed by atoms with E-state index in [1.165, 1.54) is 0 Å². The smallest absolute Gasteiger partial charge is 0.303 e. The van der Waals surface area contributed by atoms with Crippen LogP contribution in [-0.4, -0.2) is 48.3 Å². The first kappa shape index (κ1) is 16.9. The van der Waals surface area contributed by atoms with E-state index in [9.17, 15) is 9.59 Å². The summed E-state index contributed by atoms with van der Waals surface area (Å²) in [6.45, 7) is 6.03. The normalized spacial score (nSPS) is 16.9. The largest absolute Gasteiger partial charge is 0.481 e. The molecule has 0 atom stereocenters. The van der Waals surface area contributed by atoms with E-state index in [1.807, 2.05) is 13.8 Å². The number of carbonyl (C=O) groups excluding carboxylic acids is 1. The van der Waals surface area contributed by atoms with Gasteiger partial charge in [-0.1, -0.05) is 0 Å². The highest BCUT2D eigenvalue weighted by Gasteiger charge is 2.21. The number of rotatable bonds is 8. The summed E-state index contributed by atoms with van der Waals surface area (Å²) < 4.78 is 5.67. The van der Waals surface area contributed by atoms with Crippen molar-refractivity contribution >= 4 is 11.9 Å². The molecule has 3 N–H and O–H groups in total. The Balaban J connectivity index is 2.16. The van der Waals surface area contributed by atoms with Gasteiger partial charge < -0.3 is 20.5 Å². The fourth-order valence-corrected chi connectivity index (χ4v) is 2.20. The number of hydrogen-bond acceptors (Lipinski definition) is 4. The van der Waals surface area contributed by atoms with Crippen molar-refractivity contribution in [1.29, 1.82) is 0 Å². The number of ether oxygens (including phenoxy) is 1. The fourth-order valence-electron chi connectivity index (χ4n) is 2.20. The SMILES string of the molecule is CC(C)(CCC(=O)O)NC(=O)CCOC1CCNCC1. The Bertz CT molecular complexity index is 325. The van der Waals surface area contributed by atoms with Crippen LogP contribution in [0.4, 0.5) is 0 Å². The highest BCUT2D eigenvalue weighted by atomic mass is 16.5. The van der Waals surface area contributed by atoms with Crippen molar-refractivity contribution in [2.45, 2.75) is 57.6 Å². The Morgan fingerprint density at radius 1 is 1.30 bits per heavy atom. The Hall–Kier alpha value is -1.14. The maximum absolute atomic E-state index is 11.8. The number of aliphatic carboxylic acids is 1. The van der Waals surface area contributed by atoms with Crippen LogP contribution < -0.4 is 10.6 Å². The van der Waals surface area contributed by atoms with Crippen molar-refractivity contribution in [2.75, 3.05) is 19.7 Å². The van der Waals surface area contributed by atoms with Gasteiger partial charge in [-0.25, -0.2) is 0 Å². The minimum absolute atomic E-state index is 0.0544. The minimum atomic E-state index is -0.846. The first-order valence-corrected chi connectivity index (χ1v) is 7.24. The third-order valence-electron chi connectivity index (χ3n) is 3.41. The van der Waals surface area contributed by atoms with Crippen LogP contribution in [0.15, 0.2) is 0 Å². The third kappa shape index (κ3) is 7.45. The number of hydrogen-bond donors (Lipinski definition) is 3. The molecule has 1 heterocycles. The zero-order chi connectivity index (χ0) is 15.0. The van der Waals surface area contributed by atoms with E-state index in [0.717, 1.165) is 25.9 Å². The number of piperidine rings is 1. The lowest BCUT2D eigenvalue weighted by Crippen LogP contribution is -2.44. The zero-order valence-electron chi connectivity index (χ0n) is 12.4. The second-order valence-corrected chi connectivity index (χ2v) is 5.90. The minimum Gasteiger partial charge on any atom is -0.481 e. The monoisotopic (exact) mass is 286 g/mol. The van der Waals surface area contributed by atoms with E-state index < -0.39 is 11.5 Å². The molecule has 6 heteroatoms. The van der Waals surface area contributed by atoms with Crippen molar-refractivity contribution in [1.82, 2.24) is 10.6 Å². The fraction of sp³-hybridized carbons (Fsp3) is 0.857. The van der Waals surface area contributed by atoms with Crippen molar-refractivity contribution in [3.05, 3.63) is 0 Å². The molecular formula is C14H26N2O4. The van der Waals surface area contributed by atoms with Gasteiger partial charge in [0.15, 0.2) is 0 Å². The summed E-state index contributed by atoms with van der Waals surface area (Å²) in [5.41, 5.74) is -0.496. The summed E-state index contributed by atoms with van der Waals surface area (Å²) in [5, 5.41) is 14.8. The molecule has 0 bridgehead atoms. The molecule has 6 nitrogen and oxygen atoms in total. The van der Waals surface area contributed by atoms with E-state index in [2.05, 4.69) is 10.6 Å². The van der Waals surface area contributed by atoms with Crippen LogP contribution in [0.25, 0.3) is 0 Å². The summed E-state index contributed by atoms with van der Waals surface area (Å²) >= 11 is 0. The summed E-state index contributed by atoms with van der Waals surface area (Å²) in [5.74, 6) is -0.934. The van der Waals surface area contributed by atoms with Gasteiger partial charge >= 0.3 is 5.97 Å². The van der Waals surface area contributed by atoms with E-state index in [1.54, 1.807) is 0 Å². The molecule has 0 radical (unpaired) electrons. The number of amides is 1. The Labute approximate surface area is 120 Å². The lowest BCUT2D eigenvalue weighted by atomic mass is 9.98. The predicted molar refractivity (Wildman–Crippen MR) is 75.6 cm³/mol. The van der Waals surface area contributed by atoms with E-state index in [4.69, 9.17) is 9.84 Å². The molecular weight excluding hydrogens is 260 g/mol. The molecule has 0 aromatic carbocycles. The topological polar surface area (TPSA) is 87.7 Å². The molecule has 0 aromatic heterocycles. The highest BCUT2D eigenvalue weighted by Crippen LogP contribution is 2.12. The van der Waals surface area contributed by atoms with Crippen molar-refractivity contribution < 1.29 is 19.4 Å². The molecule has 1 fully saturated rings. The van der Waals surface area contributed by atoms with Gasteiger partial charge in [0.25, 0.3) is 0 Å². The first-order valence-electron chi connectivity index (χ1n) is 7.24. The lowest BCUT2D eigenvalue weighted by Gasteiger charge is -2.26. The quantitative estimate of drug-likeness (QED) is 0.617. The molecule has 0 aromatic rings. The van der Waals surface area contributed by atoms with E-state index in [0.29, 0.717) is 19.4 Å². The molecule has 0 saturated carbocycles. The standard InChI is InChI=1S/C14H26N2O4/c1-14(2,7-3-13(18)19)16-12(17)6-10-20-11-4-8-15-9-5-11/h11,15H,3-10H2,1-2H3,(H,16,17)(H,18,19). The van der Waals surface area contributed by atoms with Gasteiger partial charge in [-0.15, -0.1) is 0 Å². The summed E-state index contributed by atoms with van der Waals surface area (Å²) in [4.78, 5) is 22.3. The summed E-state index contributed by atoms with van der Waals surface area (Å²) in [7, 11) is 0. The third-order valence-corrected chi connectivity index (χ3v) is 3.41. The second-order valence-electron chi connectivity index (χ2n) is 5.90. The molecule has 20 heavy (non-hydrogen) atoms. The van der Waals surface area contributed by atoms with Crippen molar-refractivity contribution in [3.8, 4) is 0 Å². The average Bonchev–Trinajstić information content (AvgIpc) is 2.37. The molecule has 1 aliphatic rings. The second kappa shape index (κ2) is 8.21. The van der Waals surface area contributed by atoms with Crippen LogP contribution in [0.1, 0.15) is 46.0 Å². The molecule has 1 amide bonds. The van der Waals surface area contributed by atoms with Crippen LogP contribution in [-0.2, 0) is 14.3 Å². The maximum atomic E-state index is 11.8. The van der Waals surface area contributed by atoms with Gasteiger partial charge in [0.2, 0.25) is 5.91 Å². The van der Waals surface area contributed by atoms with E-state index in [-0.39, 0.29) is 18.4 Å². The molecule has 0 aliphatic carbocycles. The van der Waals surface area contributed by atoms with Gasteiger partial charge in [0, 0.05) is 18.4 Å². The van der Waals surface area contributed by atoms with Gasteiger partial charge in [0.1, 0.15) is 0 Å². The van der Waals surface area contributed by atoms with Crippen LogP contribution in [0.5, 0.6) is 0 Å². The molecule has 1 saturated heterocycles. The zero-order valence-corrected chi connectivity index (χ0v) is 12.4. The molecule has 0 unspecified atom stereocenters. The first-order chi connectivity index (χ1) is 9.39. The van der Waals surface area contributed by atoms with Crippen LogP contribution >= 0.6 is 0 Å². The van der Waals surface area contributed by atoms with Gasteiger partial charge in [0.05, 0.1) is 12.7 Å². The predicted octanol–water partition coefficient (Wildman–Crippen LogP) is 0.905. The number of carboxylic acids is 1. The molecule has 1 aliphatic heterocycles. The number of carboxylic acid groups (broad SMARTS) is 1. The van der Waals surface area contributed by atoms with Crippen molar-refractivity contribution in [3.63, 3.8) is 0 Å². The van der Waals surface area contributed by atoms with Crippen molar-refractivity contribution in [2.24, 2.45) is 0 Å². The number of carbonyl (C=O) groups is 2. The molecule has 0 spiro atoms. The molecule has 1 rings (SSSR count). The van der Waals surface area contributed by atoms with Gasteiger partial charge in [-0.3, -0.25) is 9.59 Å². The maximum Gasteiger partial charge on any atom is 0.303 e. The van der Waals surface area contributed by atoms with Crippen LogP contribution in [0.2, 0.25) is 0 Å². The van der Waals surface area contributed by atoms with E-state index >= 15 is 0 Å². The number of nitrogens with one attached hydrogen (secondary N) is 2. The lowest BCUT2D eigenvalue weighted by molar-refractivity contribution is -0.138. The Morgan fingerprint density at radius 2 is 1.95 bits per heavy atom. The van der Waals surface area contributed by atoms with Crippen LogP contribution in [0, 0.1) is 0 Å². The molecule has 116 valence electrons. The summed E-state index contributed by atoms with van der Waals surface area (Å²) in [6.07, 6.45) is 3.03. The van der Waals surface area contributed by atoms with Gasteiger partial charge in [-0.05, 0) is 46.2 Å². The summed E-state index contributed by atoms with van der Waals surface area (Å²) in [6, 6.07) is 0. The van der Waals surface area contributed by atoms with Gasteiger partial charge in [-0.2, -0.15) is 0 Å².